The quantitative estimate of drug-likeness (QED) is 0.829. The number of nitrogen functional groups attached to an aromatic ring is 1. The van der Waals surface area contributed by atoms with Crippen molar-refractivity contribution >= 4 is 28.9 Å². The van der Waals surface area contributed by atoms with Gasteiger partial charge in [-0.3, -0.25) is 4.79 Å². The van der Waals surface area contributed by atoms with Crippen LogP contribution in [0, 0.1) is 6.92 Å². The molecular formula is C16H17ClN2O2. The third-order valence-corrected chi connectivity index (χ3v) is 3.14. The summed E-state index contributed by atoms with van der Waals surface area (Å²) in [5.41, 5.74) is 7.93. The Hall–Kier alpha value is -2.20. The van der Waals surface area contributed by atoms with Crippen molar-refractivity contribution in [3.8, 4) is 5.75 Å². The van der Waals surface area contributed by atoms with Crippen LogP contribution in [0.25, 0.3) is 0 Å². The molecule has 110 valence electrons. The molecule has 0 aliphatic carbocycles. The van der Waals surface area contributed by atoms with E-state index in [1.54, 1.807) is 18.2 Å². The number of nitrogens with two attached hydrogens (primary N) is 1. The molecular weight excluding hydrogens is 288 g/mol. The van der Waals surface area contributed by atoms with E-state index in [0.717, 1.165) is 5.75 Å². The highest BCUT2D eigenvalue weighted by molar-refractivity contribution is 6.31. The summed E-state index contributed by atoms with van der Waals surface area (Å²) >= 11 is 5.80. The van der Waals surface area contributed by atoms with Crippen molar-refractivity contribution in [1.29, 1.82) is 0 Å². The Kier molecular flexibility index (Phi) is 5.06. The molecule has 0 heterocycles. The highest BCUT2D eigenvalue weighted by Crippen LogP contribution is 2.22. The molecule has 0 aromatic heterocycles. The monoisotopic (exact) mass is 304 g/mol. The molecule has 0 aliphatic rings. The standard InChI is InChI=1S/C16H17ClN2O2/c1-11-2-5-13(6-3-11)21-9-8-16(20)19-15-7-4-12(17)10-14(15)18/h2-7,10H,8-9,18H2,1H3,(H,19,20). The number of benzene rings is 2. The van der Waals surface area contributed by atoms with Crippen LogP contribution in [-0.2, 0) is 4.79 Å². The number of nitrogens with one attached hydrogen (secondary N) is 1. The second kappa shape index (κ2) is 6.99. The van der Waals surface area contributed by atoms with E-state index in [2.05, 4.69) is 5.32 Å². The Morgan fingerprint density at radius 1 is 1.24 bits per heavy atom. The number of carbonyl (C=O) groups excluding carboxylic acids is 1. The van der Waals surface area contributed by atoms with Crippen LogP contribution < -0.4 is 15.8 Å². The van der Waals surface area contributed by atoms with Crippen LogP contribution in [0.15, 0.2) is 42.5 Å². The molecule has 0 spiro atoms. The van der Waals surface area contributed by atoms with Crippen molar-refractivity contribution in [3.63, 3.8) is 0 Å². The number of carbonyl (C=O) groups is 1. The lowest BCUT2D eigenvalue weighted by Crippen LogP contribution is -2.16. The summed E-state index contributed by atoms with van der Waals surface area (Å²) in [7, 11) is 0. The number of rotatable bonds is 5. The van der Waals surface area contributed by atoms with Gasteiger partial charge in [-0.1, -0.05) is 29.3 Å². The first-order valence-electron chi connectivity index (χ1n) is 6.59. The predicted molar refractivity (Wildman–Crippen MR) is 85.8 cm³/mol. The van der Waals surface area contributed by atoms with Crippen molar-refractivity contribution in [3.05, 3.63) is 53.1 Å². The van der Waals surface area contributed by atoms with E-state index in [-0.39, 0.29) is 12.3 Å². The van der Waals surface area contributed by atoms with Gasteiger partial charge in [0.2, 0.25) is 5.91 Å². The summed E-state index contributed by atoms with van der Waals surface area (Å²) in [6, 6.07) is 12.6. The van der Waals surface area contributed by atoms with Gasteiger partial charge in [-0.15, -0.1) is 0 Å². The fraction of sp³-hybridized carbons (Fsp3) is 0.188. The van der Waals surface area contributed by atoms with Crippen LogP contribution in [0.1, 0.15) is 12.0 Å². The van der Waals surface area contributed by atoms with E-state index in [0.29, 0.717) is 23.0 Å². The Bertz CT molecular complexity index is 627. The van der Waals surface area contributed by atoms with Crippen LogP contribution in [0.4, 0.5) is 11.4 Å². The zero-order chi connectivity index (χ0) is 15.2. The SMILES string of the molecule is Cc1ccc(OCCC(=O)Nc2ccc(Cl)cc2N)cc1. The summed E-state index contributed by atoms with van der Waals surface area (Å²) in [5.74, 6) is 0.593. The molecule has 0 aliphatic heterocycles. The second-order valence-corrected chi connectivity index (χ2v) is 5.13. The van der Waals surface area contributed by atoms with Crippen molar-refractivity contribution in [1.82, 2.24) is 0 Å². The van der Waals surface area contributed by atoms with E-state index < -0.39 is 0 Å². The molecule has 0 saturated heterocycles. The molecule has 0 fully saturated rings. The van der Waals surface area contributed by atoms with Gasteiger partial charge in [0, 0.05) is 5.02 Å². The van der Waals surface area contributed by atoms with E-state index in [1.807, 2.05) is 31.2 Å². The van der Waals surface area contributed by atoms with Crippen LogP contribution >= 0.6 is 11.6 Å². The van der Waals surface area contributed by atoms with Gasteiger partial charge in [-0.05, 0) is 37.3 Å². The van der Waals surface area contributed by atoms with Gasteiger partial charge < -0.3 is 15.8 Å². The molecule has 2 aromatic carbocycles. The maximum absolute atomic E-state index is 11.8. The second-order valence-electron chi connectivity index (χ2n) is 4.69. The number of hydrogen-bond acceptors (Lipinski definition) is 3. The lowest BCUT2D eigenvalue weighted by molar-refractivity contribution is -0.116. The van der Waals surface area contributed by atoms with Gasteiger partial charge in [0.25, 0.3) is 0 Å². The molecule has 0 unspecified atom stereocenters. The van der Waals surface area contributed by atoms with Crippen LogP contribution in [0.3, 0.4) is 0 Å². The molecule has 2 rings (SSSR count). The van der Waals surface area contributed by atoms with E-state index in [1.165, 1.54) is 5.56 Å². The first kappa shape index (κ1) is 15.2. The number of amides is 1. The summed E-state index contributed by atoms with van der Waals surface area (Å²) in [4.78, 5) is 11.8. The minimum Gasteiger partial charge on any atom is -0.493 e. The largest absolute Gasteiger partial charge is 0.493 e. The first-order valence-corrected chi connectivity index (χ1v) is 6.97. The topological polar surface area (TPSA) is 64.3 Å². The maximum atomic E-state index is 11.8. The molecule has 2 aromatic rings. The third-order valence-electron chi connectivity index (χ3n) is 2.91. The average Bonchev–Trinajstić information content (AvgIpc) is 2.44. The summed E-state index contributed by atoms with van der Waals surface area (Å²) in [6.07, 6.45) is 0.246. The minimum atomic E-state index is -0.156. The Morgan fingerprint density at radius 3 is 2.62 bits per heavy atom. The van der Waals surface area contributed by atoms with Crippen molar-refractivity contribution < 1.29 is 9.53 Å². The number of ether oxygens (including phenoxy) is 1. The van der Waals surface area contributed by atoms with Crippen molar-refractivity contribution in [2.75, 3.05) is 17.7 Å². The van der Waals surface area contributed by atoms with E-state index in [4.69, 9.17) is 22.1 Å². The van der Waals surface area contributed by atoms with Crippen LogP contribution in [-0.4, -0.2) is 12.5 Å². The van der Waals surface area contributed by atoms with Crippen LogP contribution in [0.2, 0.25) is 5.02 Å². The van der Waals surface area contributed by atoms with Crippen molar-refractivity contribution in [2.45, 2.75) is 13.3 Å². The fourth-order valence-electron chi connectivity index (χ4n) is 1.76. The summed E-state index contributed by atoms with van der Waals surface area (Å²) in [5, 5.41) is 3.27. The van der Waals surface area contributed by atoms with Gasteiger partial charge >= 0.3 is 0 Å². The molecule has 0 bridgehead atoms. The zero-order valence-electron chi connectivity index (χ0n) is 11.7. The number of anilines is 2. The van der Waals surface area contributed by atoms with Gasteiger partial charge in [0.05, 0.1) is 24.4 Å². The average molecular weight is 305 g/mol. The van der Waals surface area contributed by atoms with Gasteiger partial charge in [-0.25, -0.2) is 0 Å². The smallest absolute Gasteiger partial charge is 0.227 e. The molecule has 4 nitrogen and oxygen atoms in total. The molecule has 5 heteroatoms. The van der Waals surface area contributed by atoms with Gasteiger partial charge in [-0.2, -0.15) is 0 Å². The normalized spacial score (nSPS) is 10.2. The summed E-state index contributed by atoms with van der Waals surface area (Å²) < 4.78 is 5.51. The molecule has 0 saturated carbocycles. The van der Waals surface area contributed by atoms with E-state index >= 15 is 0 Å². The molecule has 0 atom stereocenters. The van der Waals surface area contributed by atoms with Crippen molar-refractivity contribution in [2.24, 2.45) is 0 Å². The highest BCUT2D eigenvalue weighted by Gasteiger charge is 2.06. The Labute approximate surface area is 128 Å². The zero-order valence-corrected chi connectivity index (χ0v) is 12.5. The number of halogens is 1. The van der Waals surface area contributed by atoms with Crippen LogP contribution in [0.5, 0.6) is 5.75 Å². The third kappa shape index (κ3) is 4.68. The maximum Gasteiger partial charge on any atom is 0.227 e. The molecule has 21 heavy (non-hydrogen) atoms. The minimum absolute atomic E-state index is 0.156. The lowest BCUT2D eigenvalue weighted by Gasteiger charge is -2.09. The number of hydrogen-bond donors (Lipinski definition) is 2. The Balaban J connectivity index is 1.81. The fourth-order valence-corrected chi connectivity index (χ4v) is 1.94. The number of aryl methyl sites for hydroxylation is 1. The molecule has 1 amide bonds. The summed E-state index contributed by atoms with van der Waals surface area (Å²) in [6.45, 7) is 2.32. The Morgan fingerprint density at radius 2 is 1.95 bits per heavy atom. The first-order chi connectivity index (χ1) is 10.0. The predicted octanol–water partition coefficient (Wildman–Crippen LogP) is 3.64. The highest BCUT2D eigenvalue weighted by atomic mass is 35.5. The van der Waals surface area contributed by atoms with E-state index in [9.17, 15) is 4.79 Å². The van der Waals surface area contributed by atoms with Gasteiger partial charge in [0.15, 0.2) is 0 Å². The molecule has 0 radical (unpaired) electrons. The molecule has 3 N–H and O–H groups in total. The van der Waals surface area contributed by atoms with Gasteiger partial charge in [0.1, 0.15) is 5.75 Å². The lowest BCUT2D eigenvalue weighted by atomic mass is 10.2.